The van der Waals surface area contributed by atoms with Crippen LogP contribution >= 0.6 is 15.9 Å². The molecule has 0 radical (unpaired) electrons. The second-order valence-electron chi connectivity index (χ2n) is 8.64. The molecule has 0 heterocycles. The third kappa shape index (κ3) is 2.17. The summed E-state index contributed by atoms with van der Waals surface area (Å²) < 4.78 is 1.15. The zero-order chi connectivity index (χ0) is 21.3. The summed E-state index contributed by atoms with van der Waals surface area (Å²) in [4.78, 5) is 0. The minimum atomic E-state index is -0.385. The molecule has 0 unspecified atom stereocenters. The summed E-state index contributed by atoms with van der Waals surface area (Å²) in [5.74, 6) is 0. The van der Waals surface area contributed by atoms with Crippen LogP contribution in [0.3, 0.4) is 0 Å². The summed E-state index contributed by atoms with van der Waals surface area (Å²) in [5, 5.41) is 7.95. The van der Waals surface area contributed by atoms with Gasteiger partial charge in [0.1, 0.15) is 0 Å². The van der Waals surface area contributed by atoms with E-state index >= 15 is 0 Å². The second-order valence-corrected chi connectivity index (χ2v) is 9.49. The lowest BCUT2D eigenvalue weighted by Gasteiger charge is -2.41. The van der Waals surface area contributed by atoms with E-state index in [9.17, 15) is 0 Å². The molecule has 1 aliphatic carbocycles. The summed E-state index contributed by atoms with van der Waals surface area (Å²) in [7, 11) is 0. The van der Waals surface area contributed by atoms with Crippen molar-refractivity contribution < 1.29 is 0 Å². The molecule has 0 fully saturated rings. The normalized spacial score (nSPS) is 14.0. The van der Waals surface area contributed by atoms with Crippen molar-refractivity contribution >= 4 is 48.2 Å². The molecule has 0 saturated heterocycles. The largest absolute Gasteiger partial charge is 0.0714 e. The van der Waals surface area contributed by atoms with Crippen LogP contribution in [-0.4, -0.2) is 0 Å². The molecule has 150 valence electrons. The van der Waals surface area contributed by atoms with Gasteiger partial charge in [0.2, 0.25) is 0 Å². The number of benzene rings is 6. The lowest BCUT2D eigenvalue weighted by Crippen LogP contribution is -2.33. The molecule has 0 saturated carbocycles. The summed E-state index contributed by atoms with van der Waals surface area (Å²) in [6.07, 6.45) is 0. The molecule has 0 N–H and O–H groups in total. The summed E-state index contributed by atoms with van der Waals surface area (Å²) in [5.41, 5.74) is 4.93. The molecule has 1 heteroatoms. The molecule has 6 aromatic carbocycles. The fourth-order valence-corrected chi connectivity index (χ4v) is 6.53. The second kappa shape index (κ2) is 6.54. The van der Waals surface area contributed by atoms with Crippen molar-refractivity contribution in [2.24, 2.45) is 0 Å². The van der Waals surface area contributed by atoms with Crippen LogP contribution in [0.25, 0.3) is 32.3 Å². The number of hydrogen-bond donors (Lipinski definition) is 0. The molecule has 32 heavy (non-hydrogen) atoms. The zero-order valence-electron chi connectivity index (χ0n) is 17.3. The monoisotopic (exact) mass is 470 g/mol. The summed E-state index contributed by atoms with van der Waals surface area (Å²) >= 11 is 3.89. The molecule has 0 aromatic heterocycles. The van der Waals surface area contributed by atoms with Crippen LogP contribution in [-0.2, 0) is 5.41 Å². The Labute approximate surface area is 195 Å². The Kier molecular flexibility index (Phi) is 3.72. The average Bonchev–Trinajstić information content (AvgIpc) is 2.86. The van der Waals surface area contributed by atoms with E-state index in [0.717, 1.165) is 4.47 Å². The predicted octanol–water partition coefficient (Wildman–Crippen LogP) is 8.60. The van der Waals surface area contributed by atoms with E-state index in [1.165, 1.54) is 54.6 Å². The first-order valence-corrected chi connectivity index (χ1v) is 11.8. The van der Waals surface area contributed by atoms with Crippen molar-refractivity contribution in [1.29, 1.82) is 0 Å². The van der Waals surface area contributed by atoms with E-state index in [1.807, 2.05) is 0 Å². The molecule has 7 rings (SSSR count). The Hall–Kier alpha value is -3.42. The smallest absolute Gasteiger partial charge is 0.0622 e. The third-order valence-corrected chi connectivity index (χ3v) is 7.81. The van der Waals surface area contributed by atoms with Crippen molar-refractivity contribution in [3.8, 4) is 0 Å². The first kappa shape index (κ1) is 18.2. The van der Waals surface area contributed by atoms with Gasteiger partial charge in [-0.25, -0.2) is 0 Å². The fourth-order valence-electron chi connectivity index (χ4n) is 5.95. The molecule has 0 nitrogen and oxygen atoms in total. The molecular weight excluding hydrogens is 452 g/mol. The summed E-state index contributed by atoms with van der Waals surface area (Å²) in [6, 6.07) is 42.4. The highest BCUT2D eigenvalue weighted by Crippen LogP contribution is 2.55. The lowest BCUT2D eigenvalue weighted by molar-refractivity contribution is 0.758. The van der Waals surface area contributed by atoms with Gasteiger partial charge in [0.05, 0.1) is 5.41 Å². The highest BCUT2D eigenvalue weighted by Gasteiger charge is 2.43. The van der Waals surface area contributed by atoms with Crippen molar-refractivity contribution in [3.05, 3.63) is 142 Å². The highest BCUT2D eigenvalue weighted by molar-refractivity contribution is 9.10. The first-order valence-electron chi connectivity index (χ1n) is 11.0. The van der Waals surface area contributed by atoms with Gasteiger partial charge in [0.25, 0.3) is 0 Å². The minimum absolute atomic E-state index is 0.385. The van der Waals surface area contributed by atoms with E-state index in [1.54, 1.807) is 0 Å². The van der Waals surface area contributed by atoms with E-state index in [2.05, 4.69) is 131 Å². The SMILES string of the molecule is Brc1cc2ccc3cccc4c3c2c2c(cccc12)C4(c1ccccc1)c1ccccc1. The molecule has 0 spiro atoms. The zero-order valence-corrected chi connectivity index (χ0v) is 18.9. The van der Waals surface area contributed by atoms with Gasteiger partial charge in [0, 0.05) is 4.47 Å². The standard InChI is InChI=1S/C31H19Br/c32-27-19-21-18-17-20-9-7-15-25-28(20)29(21)30-24(27)14-8-16-26(30)31(25,22-10-3-1-4-11-22)23-12-5-2-6-13-23/h1-19H. The van der Waals surface area contributed by atoms with Crippen molar-refractivity contribution in [3.63, 3.8) is 0 Å². The third-order valence-electron chi connectivity index (χ3n) is 7.15. The Morgan fingerprint density at radius 1 is 0.469 bits per heavy atom. The molecule has 0 amide bonds. The van der Waals surface area contributed by atoms with Gasteiger partial charge in [-0.2, -0.15) is 0 Å². The number of hydrogen-bond acceptors (Lipinski definition) is 0. The van der Waals surface area contributed by atoms with Crippen LogP contribution in [0.2, 0.25) is 0 Å². The Balaban J connectivity index is 1.85. The van der Waals surface area contributed by atoms with Gasteiger partial charge in [-0.1, -0.05) is 125 Å². The molecule has 6 aromatic rings. The molecular formula is C31H19Br. The minimum Gasteiger partial charge on any atom is -0.0622 e. The van der Waals surface area contributed by atoms with Gasteiger partial charge in [0.15, 0.2) is 0 Å². The maximum Gasteiger partial charge on any atom is 0.0714 e. The summed E-state index contributed by atoms with van der Waals surface area (Å²) in [6.45, 7) is 0. The van der Waals surface area contributed by atoms with Crippen molar-refractivity contribution in [1.82, 2.24) is 0 Å². The number of halogens is 1. The fraction of sp³-hybridized carbons (Fsp3) is 0.0323. The molecule has 0 aliphatic heterocycles. The topological polar surface area (TPSA) is 0 Å². The lowest BCUT2D eigenvalue weighted by atomic mass is 9.60. The van der Waals surface area contributed by atoms with Crippen molar-refractivity contribution in [2.45, 2.75) is 5.41 Å². The Morgan fingerprint density at radius 2 is 1.06 bits per heavy atom. The molecule has 1 aliphatic rings. The van der Waals surface area contributed by atoms with Gasteiger partial charge in [-0.15, -0.1) is 0 Å². The maximum atomic E-state index is 3.89. The van der Waals surface area contributed by atoms with Crippen LogP contribution in [0.15, 0.2) is 120 Å². The molecule has 0 atom stereocenters. The van der Waals surface area contributed by atoms with Gasteiger partial charge in [-0.3, -0.25) is 0 Å². The predicted molar refractivity (Wildman–Crippen MR) is 139 cm³/mol. The van der Waals surface area contributed by atoms with Crippen molar-refractivity contribution in [2.75, 3.05) is 0 Å². The van der Waals surface area contributed by atoms with Crippen LogP contribution in [0.5, 0.6) is 0 Å². The number of rotatable bonds is 2. The van der Waals surface area contributed by atoms with E-state index in [-0.39, 0.29) is 5.41 Å². The van der Waals surface area contributed by atoms with Crippen LogP contribution in [0.1, 0.15) is 22.3 Å². The Morgan fingerprint density at radius 3 is 1.75 bits per heavy atom. The van der Waals surface area contributed by atoms with Crippen LogP contribution < -0.4 is 0 Å². The highest BCUT2D eigenvalue weighted by atomic mass is 79.9. The maximum absolute atomic E-state index is 3.89. The van der Waals surface area contributed by atoms with Gasteiger partial charge >= 0.3 is 0 Å². The van der Waals surface area contributed by atoms with E-state index in [0.29, 0.717) is 0 Å². The molecule has 0 bridgehead atoms. The van der Waals surface area contributed by atoms with E-state index in [4.69, 9.17) is 0 Å². The quantitative estimate of drug-likeness (QED) is 0.222. The first-order chi connectivity index (χ1) is 15.8. The Bertz CT molecular complexity index is 1620. The van der Waals surface area contributed by atoms with Gasteiger partial charge in [-0.05, 0) is 60.6 Å². The average molecular weight is 471 g/mol. The van der Waals surface area contributed by atoms with Crippen LogP contribution in [0, 0.1) is 0 Å². The van der Waals surface area contributed by atoms with E-state index < -0.39 is 0 Å². The van der Waals surface area contributed by atoms with Crippen LogP contribution in [0.4, 0.5) is 0 Å². The van der Waals surface area contributed by atoms with Gasteiger partial charge < -0.3 is 0 Å².